The molecule has 0 aliphatic rings. The maximum absolute atomic E-state index is 12.1. The molecule has 2 aromatic heterocycles. The molecular weight excluding hydrogens is 374 g/mol. The molecule has 0 N–H and O–H groups in total. The van der Waals surface area contributed by atoms with Crippen molar-refractivity contribution in [3.05, 3.63) is 59.2 Å². The summed E-state index contributed by atoms with van der Waals surface area (Å²) in [5.74, 6) is 0.0168. The molecule has 3 aromatic rings. The molecule has 0 saturated heterocycles. The van der Waals surface area contributed by atoms with Crippen LogP contribution in [0.1, 0.15) is 17.4 Å². The minimum atomic E-state index is -0.487. The topological polar surface area (TPSA) is 66.2 Å². The number of benzene rings is 1. The van der Waals surface area contributed by atoms with Crippen molar-refractivity contribution in [1.82, 2.24) is 14.8 Å². The van der Waals surface area contributed by atoms with Crippen LogP contribution < -0.4 is 4.74 Å². The van der Waals surface area contributed by atoms with Crippen molar-refractivity contribution in [2.45, 2.75) is 17.0 Å². The molecule has 0 aliphatic heterocycles. The number of para-hydroxylation sites is 1. The largest absolute Gasteiger partial charge is 0.481 e. The predicted molar refractivity (Wildman–Crippen MR) is 99.4 cm³/mol. The van der Waals surface area contributed by atoms with E-state index in [-0.39, 0.29) is 12.3 Å². The number of hydrogen-bond donors (Lipinski definition) is 0. The third kappa shape index (κ3) is 4.00. The molecule has 0 radical (unpaired) electrons. The molecule has 0 unspecified atom stereocenters. The lowest BCUT2D eigenvalue weighted by molar-refractivity contribution is 0.0519. The lowest BCUT2D eigenvalue weighted by atomic mass is 10.3. The highest BCUT2D eigenvalue weighted by molar-refractivity contribution is 7.99. The van der Waals surface area contributed by atoms with E-state index in [1.807, 2.05) is 30.3 Å². The molecule has 0 spiro atoms. The van der Waals surface area contributed by atoms with Crippen molar-refractivity contribution < 1.29 is 14.3 Å². The Morgan fingerprint density at radius 2 is 2.04 bits per heavy atom. The van der Waals surface area contributed by atoms with Crippen LogP contribution in [0, 0.1) is 0 Å². The third-order valence-corrected chi connectivity index (χ3v) is 4.61. The molecular formula is C18H16ClN3O3S. The first-order valence-electron chi connectivity index (χ1n) is 7.83. The second-order valence-electron chi connectivity index (χ2n) is 5.07. The Balaban J connectivity index is 2.04. The van der Waals surface area contributed by atoms with E-state index in [1.165, 1.54) is 11.8 Å². The molecule has 0 aliphatic carbocycles. The van der Waals surface area contributed by atoms with Crippen molar-refractivity contribution >= 4 is 29.3 Å². The number of hydrogen-bond acceptors (Lipinski definition) is 6. The molecule has 8 heteroatoms. The fourth-order valence-corrected chi connectivity index (χ4v) is 3.32. The number of nitrogens with zero attached hydrogens (tertiary/aromatic N) is 3. The average molecular weight is 390 g/mol. The smallest absolute Gasteiger partial charge is 0.358 e. The van der Waals surface area contributed by atoms with Gasteiger partial charge in [-0.25, -0.2) is 14.5 Å². The van der Waals surface area contributed by atoms with E-state index >= 15 is 0 Å². The Kier molecular flexibility index (Phi) is 5.80. The van der Waals surface area contributed by atoms with E-state index < -0.39 is 5.97 Å². The van der Waals surface area contributed by atoms with Crippen LogP contribution in [0.15, 0.2) is 58.6 Å². The first kappa shape index (κ1) is 18.3. The minimum absolute atomic E-state index is 0.206. The Morgan fingerprint density at radius 3 is 2.77 bits per heavy atom. The molecule has 1 aromatic carbocycles. The van der Waals surface area contributed by atoms with Gasteiger partial charge >= 0.3 is 5.97 Å². The first-order chi connectivity index (χ1) is 12.6. The molecule has 134 valence electrons. The van der Waals surface area contributed by atoms with Crippen LogP contribution in [0.4, 0.5) is 0 Å². The minimum Gasteiger partial charge on any atom is -0.481 e. The zero-order valence-corrected chi connectivity index (χ0v) is 15.8. The van der Waals surface area contributed by atoms with Crippen LogP contribution in [0.25, 0.3) is 5.69 Å². The number of rotatable bonds is 6. The van der Waals surface area contributed by atoms with Gasteiger partial charge in [-0.3, -0.25) is 0 Å². The van der Waals surface area contributed by atoms with E-state index in [0.29, 0.717) is 26.6 Å². The molecule has 2 heterocycles. The predicted octanol–water partition coefficient (Wildman–Crippen LogP) is 4.26. The first-order valence-corrected chi connectivity index (χ1v) is 9.02. The zero-order chi connectivity index (χ0) is 18.5. The number of aromatic nitrogens is 3. The number of carbonyl (C=O) groups is 1. The average Bonchev–Trinajstić information content (AvgIpc) is 3.06. The van der Waals surface area contributed by atoms with Gasteiger partial charge in [-0.1, -0.05) is 29.8 Å². The van der Waals surface area contributed by atoms with Crippen LogP contribution in [-0.4, -0.2) is 34.5 Å². The highest BCUT2D eigenvalue weighted by Gasteiger charge is 2.19. The summed E-state index contributed by atoms with van der Waals surface area (Å²) >= 11 is 7.66. The molecule has 0 bridgehead atoms. The van der Waals surface area contributed by atoms with Crippen LogP contribution in [0.2, 0.25) is 5.02 Å². The van der Waals surface area contributed by atoms with Gasteiger partial charge in [-0.05, 0) is 36.9 Å². The fraction of sp³-hybridized carbons (Fsp3) is 0.167. The number of carbonyl (C=O) groups excluding carboxylic acids is 1. The second kappa shape index (κ2) is 8.25. The summed E-state index contributed by atoms with van der Waals surface area (Å²) in [6, 6.07) is 14.4. The Labute approximate surface area is 160 Å². The van der Waals surface area contributed by atoms with Crippen molar-refractivity contribution in [1.29, 1.82) is 0 Å². The highest BCUT2D eigenvalue weighted by Crippen LogP contribution is 2.32. The zero-order valence-electron chi connectivity index (χ0n) is 14.2. The molecule has 0 saturated carbocycles. The lowest BCUT2D eigenvalue weighted by Crippen LogP contribution is -2.07. The van der Waals surface area contributed by atoms with Crippen molar-refractivity contribution in [3.8, 4) is 11.6 Å². The van der Waals surface area contributed by atoms with Crippen LogP contribution >= 0.6 is 23.4 Å². The summed E-state index contributed by atoms with van der Waals surface area (Å²) in [6.07, 6.45) is 0. The maximum Gasteiger partial charge on any atom is 0.358 e. The summed E-state index contributed by atoms with van der Waals surface area (Å²) < 4.78 is 11.8. The van der Waals surface area contributed by atoms with E-state index in [1.54, 1.807) is 36.9 Å². The summed E-state index contributed by atoms with van der Waals surface area (Å²) in [6.45, 7) is 2.02. The highest BCUT2D eigenvalue weighted by atomic mass is 35.5. The van der Waals surface area contributed by atoms with Crippen LogP contribution in [-0.2, 0) is 4.74 Å². The molecule has 3 rings (SSSR count). The van der Waals surface area contributed by atoms with E-state index in [9.17, 15) is 4.79 Å². The standard InChI is InChI=1S/C18H16ClN3O3S/c1-3-25-18(23)13-11-17(26-16-10-6-9-15(20-16)24-2)22(21-13)14-8-5-4-7-12(14)19/h4-11H,3H2,1-2H3. The normalized spacial score (nSPS) is 10.6. The second-order valence-corrected chi connectivity index (χ2v) is 6.52. The van der Waals surface area contributed by atoms with Gasteiger partial charge in [0.2, 0.25) is 5.88 Å². The van der Waals surface area contributed by atoms with Gasteiger partial charge in [0.25, 0.3) is 0 Å². The van der Waals surface area contributed by atoms with Crippen molar-refractivity contribution in [3.63, 3.8) is 0 Å². The molecule has 0 atom stereocenters. The lowest BCUT2D eigenvalue weighted by Gasteiger charge is -2.08. The van der Waals surface area contributed by atoms with E-state index in [4.69, 9.17) is 21.1 Å². The molecule has 0 amide bonds. The van der Waals surface area contributed by atoms with Crippen LogP contribution in [0.5, 0.6) is 5.88 Å². The molecule has 6 nitrogen and oxygen atoms in total. The fourth-order valence-electron chi connectivity index (χ4n) is 2.21. The summed E-state index contributed by atoms with van der Waals surface area (Å²) in [7, 11) is 1.56. The SMILES string of the molecule is CCOC(=O)c1cc(Sc2cccc(OC)n2)n(-c2ccccc2Cl)n1. The summed E-state index contributed by atoms with van der Waals surface area (Å²) in [4.78, 5) is 16.5. The Morgan fingerprint density at radius 1 is 1.23 bits per heavy atom. The van der Waals surface area contributed by atoms with Gasteiger partial charge in [0.15, 0.2) is 5.69 Å². The van der Waals surface area contributed by atoms with Crippen LogP contribution in [0.3, 0.4) is 0 Å². The number of esters is 1. The van der Waals surface area contributed by atoms with Gasteiger partial charge in [0.1, 0.15) is 10.1 Å². The van der Waals surface area contributed by atoms with Gasteiger partial charge in [-0.2, -0.15) is 5.10 Å². The van der Waals surface area contributed by atoms with Gasteiger partial charge in [-0.15, -0.1) is 0 Å². The third-order valence-electron chi connectivity index (χ3n) is 3.36. The number of halogens is 1. The molecule has 26 heavy (non-hydrogen) atoms. The van der Waals surface area contributed by atoms with E-state index in [0.717, 1.165) is 0 Å². The van der Waals surface area contributed by atoms with Crippen molar-refractivity contribution in [2.24, 2.45) is 0 Å². The number of ether oxygens (including phenoxy) is 2. The number of pyridine rings is 1. The van der Waals surface area contributed by atoms with E-state index in [2.05, 4.69) is 10.1 Å². The quantitative estimate of drug-likeness (QED) is 0.587. The summed E-state index contributed by atoms with van der Waals surface area (Å²) in [5.41, 5.74) is 0.868. The Hall–Kier alpha value is -2.51. The van der Waals surface area contributed by atoms with Gasteiger partial charge in [0, 0.05) is 12.1 Å². The maximum atomic E-state index is 12.1. The Bertz CT molecular complexity index is 930. The molecule has 0 fully saturated rings. The van der Waals surface area contributed by atoms with Gasteiger partial charge < -0.3 is 9.47 Å². The summed E-state index contributed by atoms with van der Waals surface area (Å²) in [5, 5.41) is 6.28. The van der Waals surface area contributed by atoms with Gasteiger partial charge in [0.05, 0.1) is 24.4 Å². The number of methoxy groups -OCH3 is 1. The van der Waals surface area contributed by atoms with Crippen molar-refractivity contribution in [2.75, 3.05) is 13.7 Å². The monoisotopic (exact) mass is 389 g/mol.